The normalized spacial score (nSPS) is 11.8. The van der Waals surface area contributed by atoms with Gasteiger partial charge in [0.05, 0.1) is 18.8 Å². The van der Waals surface area contributed by atoms with Crippen molar-refractivity contribution in [3.05, 3.63) is 35.4 Å². The molecule has 0 heterocycles. The minimum atomic E-state index is -4.29. The quantitative estimate of drug-likeness (QED) is 0.789. The molecule has 0 spiro atoms. The first-order valence-corrected chi connectivity index (χ1v) is 4.92. The molecule has 90 valence electrons. The van der Waals surface area contributed by atoms with Crippen LogP contribution in [0.15, 0.2) is 24.3 Å². The average molecular weight is 233 g/mol. The van der Waals surface area contributed by atoms with Crippen molar-refractivity contribution in [3.8, 4) is 0 Å². The molecule has 0 saturated heterocycles. The van der Waals surface area contributed by atoms with E-state index in [-0.39, 0.29) is 6.61 Å². The van der Waals surface area contributed by atoms with E-state index in [1.54, 1.807) is 13.1 Å². The predicted octanol–water partition coefficient (Wildman–Crippen LogP) is 2.44. The molecule has 0 aromatic heterocycles. The summed E-state index contributed by atoms with van der Waals surface area (Å²) in [5, 5.41) is 2.88. The standard InChI is InChI=1S/C11H14F3NO/c1-15-5-6-16-8-9-3-2-4-10(7-9)11(12,13)14/h2-4,7,15H,5-6,8H2,1H3. The zero-order valence-electron chi connectivity index (χ0n) is 8.97. The van der Waals surface area contributed by atoms with Crippen LogP contribution in [0.1, 0.15) is 11.1 Å². The van der Waals surface area contributed by atoms with Crippen LogP contribution in [-0.4, -0.2) is 20.2 Å². The number of ether oxygens (including phenoxy) is 1. The van der Waals surface area contributed by atoms with Crippen LogP contribution >= 0.6 is 0 Å². The van der Waals surface area contributed by atoms with Gasteiger partial charge in [0, 0.05) is 6.54 Å². The fraction of sp³-hybridized carbons (Fsp3) is 0.455. The third-order valence-corrected chi connectivity index (χ3v) is 2.02. The molecule has 0 unspecified atom stereocenters. The fourth-order valence-corrected chi connectivity index (χ4v) is 1.20. The van der Waals surface area contributed by atoms with Crippen molar-refractivity contribution in [2.75, 3.05) is 20.2 Å². The Bertz CT molecular complexity index is 325. The van der Waals surface area contributed by atoms with Crippen LogP contribution in [0.4, 0.5) is 13.2 Å². The summed E-state index contributed by atoms with van der Waals surface area (Å²) in [5.74, 6) is 0. The molecule has 5 heteroatoms. The molecule has 0 atom stereocenters. The van der Waals surface area contributed by atoms with Crippen LogP contribution in [0.3, 0.4) is 0 Å². The maximum absolute atomic E-state index is 12.4. The largest absolute Gasteiger partial charge is 0.416 e. The minimum absolute atomic E-state index is 0.200. The Kier molecular flexibility index (Phi) is 4.76. The first-order valence-electron chi connectivity index (χ1n) is 4.92. The molecule has 0 saturated carbocycles. The van der Waals surface area contributed by atoms with E-state index < -0.39 is 11.7 Å². The zero-order valence-corrected chi connectivity index (χ0v) is 8.97. The fourth-order valence-electron chi connectivity index (χ4n) is 1.20. The third kappa shape index (κ3) is 4.20. The third-order valence-electron chi connectivity index (χ3n) is 2.02. The maximum Gasteiger partial charge on any atom is 0.416 e. The Morgan fingerprint density at radius 3 is 2.69 bits per heavy atom. The average Bonchev–Trinajstić information content (AvgIpc) is 2.24. The Morgan fingerprint density at radius 2 is 2.06 bits per heavy atom. The van der Waals surface area contributed by atoms with E-state index >= 15 is 0 Å². The number of hydrogen-bond acceptors (Lipinski definition) is 2. The maximum atomic E-state index is 12.4. The summed E-state index contributed by atoms with van der Waals surface area (Å²) in [4.78, 5) is 0. The van der Waals surface area contributed by atoms with Crippen molar-refractivity contribution in [3.63, 3.8) is 0 Å². The Labute approximate surface area is 92.4 Å². The lowest BCUT2D eigenvalue weighted by atomic mass is 10.1. The summed E-state index contributed by atoms with van der Waals surface area (Å²) in [6.45, 7) is 1.36. The van der Waals surface area contributed by atoms with Crippen LogP contribution in [0, 0.1) is 0 Å². The lowest BCUT2D eigenvalue weighted by Crippen LogP contribution is -2.14. The molecule has 1 rings (SSSR count). The number of halogens is 3. The first-order chi connectivity index (χ1) is 7.54. The van der Waals surface area contributed by atoms with Gasteiger partial charge in [0.15, 0.2) is 0 Å². The van der Waals surface area contributed by atoms with Gasteiger partial charge >= 0.3 is 6.18 Å². The van der Waals surface area contributed by atoms with E-state index in [1.807, 2.05) is 0 Å². The molecule has 0 bridgehead atoms. The highest BCUT2D eigenvalue weighted by molar-refractivity contribution is 5.25. The summed E-state index contributed by atoms with van der Waals surface area (Å²) < 4.78 is 42.3. The van der Waals surface area contributed by atoms with Gasteiger partial charge in [-0.1, -0.05) is 12.1 Å². The second kappa shape index (κ2) is 5.86. The van der Waals surface area contributed by atoms with E-state index in [0.29, 0.717) is 18.7 Å². The number of likely N-dealkylation sites (N-methyl/N-ethyl adjacent to an activating group) is 1. The number of nitrogens with one attached hydrogen (secondary N) is 1. The van der Waals surface area contributed by atoms with Crippen LogP contribution in [0.2, 0.25) is 0 Å². The lowest BCUT2D eigenvalue weighted by Gasteiger charge is -2.09. The van der Waals surface area contributed by atoms with Gasteiger partial charge in [-0.15, -0.1) is 0 Å². The molecule has 0 aliphatic carbocycles. The highest BCUT2D eigenvalue weighted by Gasteiger charge is 2.30. The Hall–Kier alpha value is -1.07. The summed E-state index contributed by atoms with van der Waals surface area (Å²) in [5.41, 5.74) is -0.104. The second-order valence-electron chi connectivity index (χ2n) is 3.35. The van der Waals surface area contributed by atoms with E-state index in [2.05, 4.69) is 5.32 Å². The molecule has 1 N–H and O–H groups in total. The highest BCUT2D eigenvalue weighted by Crippen LogP contribution is 2.29. The first kappa shape index (κ1) is 13.0. The van der Waals surface area contributed by atoms with Gasteiger partial charge in [0.1, 0.15) is 0 Å². The topological polar surface area (TPSA) is 21.3 Å². The number of rotatable bonds is 5. The molecule has 2 nitrogen and oxygen atoms in total. The van der Waals surface area contributed by atoms with Crippen LogP contribution < -0.4 is 5.32 Å². The Morgan fingerprint density at radius 1 is 1.31 bits per heavy atom. The van der Waals surface area contributed by atoms with Gasteiger partial charge in [-0.05, 0) is 24.7 Å². The minimum Gasteiger partial charge on any atom is -0.375 e. The molecule has 0 amide bonds. The van der Waals surface area contributed by atoms with E-state index in [9.17, 15) is 13.2 Å². The summed E-state index contributed by atoms with van der Waals surface area (Å²) in [6.07, 6.45) is -4.29. The molecule has 0 radical (unpaired) electrons. The predicted molar refractivity (Wildman–Crippen MR) is 55.0 cm³/mol. The van der Waals surface area contributed by atoms with Crippen LogP contribution in [0.25, 0.3) is 0 Å². The molecule has 1 aromatic rings. The lowest BCUT2D eigenvalue weighted by molar-refractivity contribution is -0.137. The monoisotopic (exact) mass is 233 g/mol. The number of hydrogen-bond donors (Lipinski definition) is 1. The summed E-state index contributed by atoms with van der Waals surface area (Å²) in [6, 6.07) is 5.17. The van der Waals surface area contributed by atoms with Gasteiger partial charge in [0.2, 0.25) is 0 Å². The van der Waals surface area contributed by atoms with Gasteiger partial charge in [-0.25, -0.2) is 0 Å². The van der Waals surface area contributed by atoms with Crippen molar-refractivity contribution in [1.29, 1.82) is 0 Å². The van der Waals surface area contributed by atoms with Crippen molar-refractivity contribution in [2.24, 2.45) is 0 Å². The Balaban J connectivity index is 2.54. The van der Waals surface area contributed by atoms with Crippen molar-refractivity contribution in [2.45, 2.75) is 12.8 Å². The van der Waals surface area contributed by atoms with E-state index in [0.717, 1.165) is 12.1 Å². The molecular weight excluding hydrogens is 219 g/mol. The smallest absolute Gasteiger partial charge is 0.375 e. The second-order valence-corrected chi connectivity index (χ2v) is 3.35. The van der Waals surface area contributed by atoms with E-state index in [1.165, 1.54) is 6.07 Å². The number of benzene rings is 1. The summed E-state index contributed by atoms with van der Waals surface area (Å²) in [7, 11) is 1.79. The van der Waals surface area contributed by atoms with Crippen LogP contribution in [0.5, 0.6) is 0 Å². The van der Waals surface area contributed by atoms with Crippen molar-refractivity contribution in [1.82, 2.24) is 5.32 Å². The van der Waals surface area contributed by atoms with Crippen molar-refractivity contribution >= 4 is 0 Å². The molecule has 0 fully saturated rings. The summed E-state index contributed by atoms with van der Waals surface area (Å²) >= 11 is 0. The van der Waals surface area contributed by atoms with Crippen molar-refractivity contribution < 1.29 is 17.9 Å². The molecule has 16 heavy (non-hydrogen) atoms. The van der Waals surface area contributed by atoms with Gasteiger partial charge in [0.25, 0.3) is 0 Å². The van der Waals surface area contributed by atoms with Gasteiger partial charge in [-0.3, -0.25) is 0 Å². The SMILES string of the molecule is CNCCOCc1cccc(C(F)(F)F)c1. The molecular formula is C11H14F3NO. The van der Waals surface area contributed by atoms with Gasteiger partial charge in [-0.2, -0.15) is 13.2 Å². The molecule has 0 aliphatic rings. The van der Waals surface area contributed by atoms with Gasteiger partial charge < -0.3 is 10.1 Å². The number of alkyl halides is 3. The zero-order chi connectivity index (χ0) is 12.0. The molecule has 1 aromatic carbocycles. The van der Waals surface area contributed by atoms with Crippen LogP contribution in [-0.2, 0) is 17.5 Å². The molecule has 0 aliphatic heterocycles. The highest BCUT2D eigenvalue weighted by atomic mass is 19.4. The van der Waals surface area contributed by atoms with E-state index in [4.69, 9.17) is 4.74 Å².